The van der Waals surface area contributed by atoms with Crippen molar-refractivity contribution in [2.45, 2.75) is 32.6 Å². The van der Waals surface area contributed by atoms with Crippen LogP contribution in [-0.2, 0) is 13.6 Å². The maximum atomic E-state index is 12.0. The Bertz CT molecular complexity index is 1370. The number of nitrogens with one attached hydrogen (secondary N) is 1. The van der Waals surface area contributed by atoms with Crippen molar-refractivity contribution in [3.05, 3.63) is 59.7 Å². The first-order valence-electron chi connectivity index (χ1n) is 11.1. The predicted octanol–water partition coefficient (Wildman–Crippen LogP) is 1.95. The predicted molar refractivity (Wildman–Crippen MR) is 127 cm³/mol. The van der Waals surface area contributed by atoms with E-state index in [9.17, 15) is 15.0 Å². The van der Waals surface area contributed by atoms with Crippen molar-refractivity contribution in [1.29, 1.82) is 0 Å². The minimum Gasteiger partial charge on any atom is -0.389 e. The number of ketones is 1. The van der Waals surface area contributed by atoms with E-state index < -0.39 is 12.2 Å². The molecule has 1 fully saturated rings. The van der Waals surface area contributed by atoms with Gasteiger partial charge < -0.3 is 20.1 Å². The highest BCUT2D eigenvalue weighted by Crippen LogP contribution is 2.26. The number of benzene rings is 1. The lowest BCUT2D eigenvalue weighted by molar-refractivity contribution is 0.0572. The lowest BCUT2D eigenvalue weighted by Crippen LogP contribution is -2.22. The molecule has 0 aliphatic carbocycles. The van der Waals surface area contributed by atoms with Gasteiger partial charge in [0.25, 0.3) is 0 Å². The minimum absolute atomic E-state index is 0.0174. The van der Waals surface area contributed by atoms with Crippen LogP contribution in [0.15, 0.2) is 42.9 Å². The largest absolute Gasteiger partial charge is 0.389 e. The number of Topliss-reactive ketones (excluding diaryl/α,β-unsaturated/α-hetero) is 1. The Morgan fingerprint density at radius 1 is 1.18 bits per heavy atom. The highest BCUT2D eigenvalue weighted by Gasteiger charge is 2.29. The molecule has 5 rings (SSSR count). The van der Waals surface area contributed by atoms with Gasteiger partial charge in [-0.3, -0.25) is 9.69 Å². The van der Waals surface area contributed by atoms with Crippen LogP contribution >= 0.6 is 0 Å². The highest BCUT2D eigenvalue weighted by molar-refractivity contribution is 6.07. The number of nitrogens with zero attached hydrogens (tertiary/aromatic N) is 6. The zero-order valence-corrected chi connectivity index (χ0v) is 19.3. The zero-order chi connectivity index (χ0) is 24.0. The number of carbonyl (C=O) groups is 1. The molecule has 0 bridgehead atoms. The molecule has 34 heavy (non-hydrogen) atoms. The normalized spacial score (nSPS) is 18.6. The van der Waals surface area contributed by atoms with Gasteiger partial charge in [-0.2, -0.15) is 10.1 Å². The summed E-state index contributed by atoms with van der Waals surface area (Å²) in [6.45, 7) is 4.95. The van der Waals surface area contributed by atoms with Crippen LogP contribution in [-0.4, -0.2) is 70.5 Å². The first-order chi connectivity index (χ1) is 16.3. The molecule has 0 unspecified atom stereocenters. The second kappa shape index (κ2) is 8.64. The van der Waals surface area contributed by atoms with E-state index in [1.165, 1.54) is 0 Å². The first kappa shape index (κ1) is 22.2. The van der Waals surface area contributed by atoms with Crippen molar-refractivity contribution >= 4 is 28.3 Å². The van der Waals surface area contributed by atoms with E-state index in [1.54, 1.807) is 23.9 Å². The van der Waals surface area contributed by atoms with Crippen molar-refractivity contribution in [1.82, 2.24) is 29.2 Å². The van der Waals surface area contributed by atoms with Gasteiger partial charge in [-0.1, -0.05) is 0 Å². The molecule has 176 valence electrons. The molecule has 0 saturated carbocycles. The second-order valence-electron chi connectivity index (χ2n) is 8.82. The Balaban J connectivity index is 1.37. The molecule has 3 N–H and O–H groups in total. The van der Waals surface area contributed by atoms with Gasteiger partial charge in [0.05, 0.1) is 17.9 Å². The van der Waals surface area contributed by atoms with Crippen LogP contribution in [0.4, 0.5) is 11.6 Å². The van der Waals surface area contributed by atoms with Crippen LogP contribution in [0.5, 0.6) is 0 Å². The number of carbonyl (C=O) groups excluding carboxylic acids is 1. The van der Waals surface area contributed by atoms with Gasteiger partial charge in [-0.15, -0.1) is 0 Å². The molecule has 1 aromatic carbocycles. The van der Waals surface area contributed by atoms with E-state index in [2.05, 4.69) is 20.4 Å². The molecule has 10 heteroatoms. The summed E-state index contributed by atoms with van der Waals surface area (Å²) >= 11 is 0. The van der Waals surface area contributed by atoms with Crippen molar-refractivity contribution in [2.24, 2.45) is 7.05 Å². The summed E-state index contributed by atoms with van der Waals surface area (Å²) in [6.07, 6.45) is 3.99. The van der Waals surface area contributed by atoms with E-state index in [0.717, 1.165) is 27.8 Å². The fourth-order valence-electron chi connectivity index (χ4n) is 4.40. The van der Waals surface area contributed by atoms with Crippen LogP contribution in [0.25, 0.3) is 16.7 Å². The summed E-state index contributed by atoms with van der Waals surface area (Å²) in [5.74, 6) is 1.04. The summed E-state index contributed by atoms with van der Waals surface area (Å²) in [7, 11) is 1.92. The molecule has 0 spiro atoms. The van der Waals surface area contributed by atoms with Crippen molar-refractivity contribution in [2.75, 3.05) is 18.4 Å². The number of likely N-dealkylation sites (tertiary alicyclic amines) is 1. The van der Waals surface area contributed by atoms with Crippen molar-refractivity contribution in [3.8, 4) is 5.82 Å². The molecule has 1 aliphatic heterocycles. The van der Waals surface area contributed by atoms with Gasteiger partial charge in [-0.25, -0.2) is 9.67 Å². The Hall–Kier alpha value is -3.60. The number of aliphatic hydroxyl groups is 2. The molecule has 4 aromatic rings. The number of aryl methyl sites for hydroxylation is 2. The maximum Gasteiger partial charge on any atom is 0.229 e. The SMILES string of the molecule is CC(=O)c1cn(C)c2ccc(Nc3nccc(-n4cc(CN5C[C@@H](O)[C@@H](O)C5)c(C)n4)n3)cc12. The number of aliphatic hydroxyl groups excluding tert-OH is 2. The van der Waals surface area contributed by atoms with Gasteiger partial charge in [0, 0.05) is 79.1 Å². The average Bonchev–Trinajstić information content (AvgIpc) is 3.44. The summed E-state index contributed by atoms with van der Waals surface area (Å²) in [5.41, 5.74) is 4.29. The highest BCUT2D eigenvalue weighted by atomic mass is 16.3. The Morgan fingerprint density at radius 3 is 2.68 bits per heavy atom. The van der Waals surface area contributed by atoms with Crippen LogP contribution < -0.4 is 5.32 Å². The molecular formula is C24H27N7O3. The summed E-state index contributed by atoms with van der Waals surface area (Å²) < 4.78 is 3.64. The number of hydrogen-bond donors (Lipinski definition) is 3. The number of fused-ring (bicyclic) bond motifs is 1. The van der Waals surface area contributed by atoms with Crippen molar-refractivity contribution in [3.63, 3.8) is 0 Å². The molecule has 10 nitrogen and oxygen atoms in total. The molecule has 1 saturated heterocycles. The summed E-state index contributed by atoms with van der Waals surface area (Å²) in [4.78, 5) is 23.0. The smallest absolute Gasteiger partial charge is 0.229 e. The summed E-state index contributed by atoms with van der Waals surface area (Å²) in [5, 5.41) is 28.3. The number of anilines is 2. The topological polar surface area (TPSA) is 121 Å². The van der Waals surface area contributed by atoms with E-state index >= 15 is 0 Å². The lowest BCUT2D eigenvalue weighted by Gasteiger charge is -2.13. The van der Waals surface area contributed by atoms with Gasteiger partial charge in [0.15, 0.2) is 11.6 Å². The summed E-state index contributed by atoms with van der Waals surface area (Å²) in [6, 6.07) is 7.59. The molecule has 2 atom stereocenters. The maximum absolute atomic E-state index is 12.0. The van der Waals surface area contributed by atoms with E-state index in [-0.39, 0.29) is 5.78 Å². The fourth-order valence-corrected chi connectivity index (χ4v) is 4.40. The fraction of sp³-hybridized carbons (Fsp3) is 0.333. The quantitative estimate of drug-likeness (QED) is 0.373. The van der Waals surface area contributed by atoms with E-state index in [4.69, 9.17) is 0 Å². The molecular weight excluding hydrogens is 434 g/mol. The van der Waals surface area contributed by atoms with Crippen molar-refractivity contribution < 1.29 is 15.0 Å². The van der Waals surface area contributed by atoms with Gasteiger partial charge in [0.1, 0.15) is 0 Å². The third kappa shape index (κ3) is 4.18. The van der Waals surface area contributed by atoms with E-state index in [1.807, 2.05) is 54.0 Å². The average molecular weight is 462 g/mol. The molecule has 0 amide bonds. The zero-order valence-electron chi connectivity index (χ0n) is 19.3. The number of rotatable bonds is 6. The first-order valence-corrected chi connectivity index (χ1v) is 11.1. The molecule has 1 aliphatic rings. The minimum atomic E-state index is -0.715. The van der Waals surface area contributed by atoms with Crippen LogP contribution in [0.3, 0.4) is 0 Å². The second-order valence-corrected chi connectivity index (χ2v) is 8.82. The lowest BCUT2D eigenvalue weighted by atomic mass is 10.1. The van der Waals surface area contributed by atoms with Crippen LogP contribution in [0, 0.1) is 6.92 Å². The molecule has 4 heterocycles. The van der Waals surface area contributed by atoms with Gasteiger partial charge >= 0.3 is 0 Å². The van der Waals surface area contributed by atoms with Gasteiger partial charge in [0.2, 0.25) is 5.95 Å². The Labute approximate surface area is 196 Å². The Kier molecular flexibility index (Phi) is 5.64. The van der Waals surface area contributed by atoms with Crippen LogP contribution in [0.2, 0.25) is 0 Å². The standard InChI is InChI=1S/C24H27N7O3/c1-14-16(9-30-12-21(33)22(34)13-30)10-31(28-14)23-6-7-25-24(27-23)26-17-4-5-20-18(8-17)19(15(2)32)11-29(20)3/h4-8,10-11,21-22,33-34H,9,12-13H2,1-3H3,(H,25,26,27)/t21-,22+. The van der Waals surface area contributed by atoms with E-state index in [0.29, 0.717) is 37.0 Å². The number of hydrogen-bond acceptors (Lipinski definition) is 8. The Morgan fingerprint density at radius 2 is 1.94 bits per heavy atom. The van der Waals surface area contributed by atoms with Crippen LogP contribution in [0.1, 0.15) is 28.5 Å². The molecule has 0 radical (unpaired) electrons. The number of β-amino-alcohol motifs (C(OH)–C–C–N with tert-alkyl or cyclic N) is 2. The monoisotopic (exact) mass is 461 g/mol. The van der Waals surface area contributed by atoms with Gasteiger partial charge in [-0.05, 0) is 32.0 Å². The third-order valence-electron chi connectivity index (χ3n) is 6.23. The third-order valence-corrected chi connectivity index (χ3v) is 6.23. The number of aromatic nitrogens is 5. The molecule has 3 aromatic heterocycles.